The van der Waals surface area contributed by atoms with Gasteiger partial charge in [-0.15, -0.1) is 0 Å². The Bertz CT molecular complexity index is 697. The van der Waals surface area contributed by atoms with E-state index in [9.17, 15) is 4.79 Å². The van der Waals surface area contributed by atoms with Crippen molar-refractivity contribution in [2.24, 2.45) is 0 Å². The molecule has 1 aliphatic rings. The molecule has 0 spiro atoms. The van der Waals surface area contributed by atoms with Crippen LogP contribution in [-0.2, 0) is 6.42 Å². The number of rotatable bonds is 2. The lowest BCUT2D eigenvalue weighted by Crippen LogP contribution is -2.14. The van der Waals surface area contributed by atoms with Gasteiger partial charge in [-0.1, -0.05) is 17.7 Å². The Morgan fingerprint density at radius 2 is 2.10 bits per heavy atom. The molecular weight excluding hydrogens is 284 g/mol. The lowest BCUT2D eigenvalue weighted by atomic mass is 10.0. The first-order chi connectivity index (χ1) is 10.1. The zero-order chi connectivity index (χ0) is 14.8. The number of carbonyl (C=O) groups is 1. The smallest absolute Gasteiger partial charge is 0.255 e. The zero-order valence-electron chi connectivity index (χ0n) is 11.9. The SMILES string of the molecule is Cc1ccc(C(=O)Nc2ccc3c(c2)CCCN3)cc1Cl. The van der Waals surface area contributed by atoms with Crippen molar-refractivity contribution in [2.75, 3.05) is 17.2 Å². The van der Waals surface area contributed by atoms with Crippen LogP contribution in [0, 0.1) is 6.92 Å². The van der Waals surface area contributed by atoms with E-state index in [0.717, 1.165) is 36.3 Å². The van der Waals surface area contributed by atoms with E-state index in [1.165, 1.54) is 5.56 Å². The van der Waals surface area contributed by atoms with Crippen molar-refractivity contribution in [1.82, 2.24) is 0 Å². The van der Waals surface area contributed by atoms with Gasteiger partial charge in [-0.25, -0.2) is 0 Å². The third-order valence-electron chi connectivity index (χ3n) is 3.74. The van der Waals surface area contributed by atoms with E-state index in [4.69, 9.17) is 11.6 Å². The van der Waals surface area contributed by atoms with Gasteiger partial charge in [0, 0.05) is 28.5 Å². The Labute approximate surface area is 129 Å². The van der Waals surface area contributed by atoms with E-state index in [0.29, 0.717) is 10.6 Å². The van der Waals surface area contributed by atoms with Gasteiger partial charge in [0.25, 0.3) is 5.91 Å². The maximum Gasteiger partial charge on any atom is 0.255 e. The van der Waals surface area contributed by atoms with Crippen molar-refractivity contribution < 1.29 is 4.79 Å². The molecule has 0 unspecified atom stereocenters. The van der Waals surface area contributed by atoms with E-state index in [1.54, 1.807) is 12.1 Å². The Kier molecular flexibility index (Phi) is 3.84. The lowest BCUT2D eigenvalue weighted by molar-refractivity contribution is 0.102. The monoisotopic (exact) mass is 300 g/mol. The van der Waals surface area contributed by atoms with E-state index in [1.807, 2.05) is 31.2 Å². The summed E-state index contributed by atoms with van der Waals surface area (Å²) in [6.45, 7) is 2.93. The summed E-state index contributed by atoms with van der Waals surface area (Å²) in [6, 6.07) is 11.3. The van der Waals surface area contributed by atoms with Gasteiger partial charge in [0.05, 0.1) is 0 Å². The van der Waals surface area contributed by atoms with Crippen LogP contribution >= 0.6 is 11.6 Å². The predicted octanol–water partition coefficient (Wildman–Crippen LogP) is 4.26. The summed E-state index contributed by atoms with van der Waals surface area (Å²) >= 11 is 6.07. The van der Waals surface area contributed by atoms with Crippen molar-refractivity contribution in [3.05, 3.63) is 58.1 Å². The van der Waals surface area contributed by atoms with Crippen molar-refractivity contribution in [2.45, 2.75) is 19.8 Å². The van der Waals surface area contributed by atoms with Crippen molar-refractivity contribution >= 4 is 28.9 Å². The highest BCUT2D eigenvalue weighted by atomic mass is 35.5. The third kappa shape index (κ3) is 3.03. The van der Waals surface area contributed by atoms with E-state index < -0.39 is 0 Å². The standard InChI is InChI=1S/C17H17ClN2O/c1-11-4-5-13(10-15(11)18)17(21)20-14-6-7-16-12(9-14)3-2-8-19-16/h4-7,9-10,19H,2-3,8H2,1H3,(H,20,21). The van der Waals surface area contributed by atoms with Crippen LogP contribution in [0.25, 0.3) is 0 Å². The van der Waals surface area contributed by atoms with Crippen molar-refractivity contribution in [3.8, 4) is 0 Å². The van der Waals surface area contributed by atoms with Gasteiger partial charge in [-0.2, -0.15) is 0 Å². The highest BCUT2D eigenvalue weighted by Gasteiger charge is 2.11. The number of anilines is 2. The molecule has 0 saturated heterocycles. The number of aryl methyl sites for hydroxylation is 2. The lowest BCUT2D eigenvalue weighted by Gasteiger charge is -2.18. The maximum absolute atomic E-state index is 12.3. The quantitative estimate of drug-likeness (QED) is 0.870. The maximum atomic E-state index is 12.3. The second kappa shape index (κ2) is 5.78. The molecule has 4 heteroatoms. The molecule has 0 saturated carbocycles. The second-order valence-corrected chi connectivity index (χ2v) is 5.73. The molecule has 0 aliphatic carbocycles. The van der Waals surface area contributed by atoms with Crippen LogP contribution in [0.15, 0.2) is 36.4 Å². The number of benzene rings is 2. The normalized spacial score (nSPS) is 13.2. The highest BCUT2D eigenvalue weighted by molar-refractivity contribution is 6.31. The summed E-state index contributed by atoms with van der Waals surface area (Å²) in [5, 5.41) is 6.90. The second-order valence-electron chi connectivity index (χ2n) is 5.32. The molecule has 21 heavy (non-hydrogen) atoms. The summed E-state index contributed by atoms with van der Waals surface area (Å²) in [4.78, 5) is 12.3. The fraction of sp³-hybridized carbons (Fsp3) is 0.235. The summed E-state index contributed by atoms with van der Waals surface area (Å²) in [5.41, 5.74) is 4.77. The minimum atomic E-state index is -0.138. The van der Waals surface area contributed by atoms with Gasteiger partial charge in [-0.3, -0.25) is 4.79 Å². The first-order valence-electron chi connectivity index (χ1n) is 7.08. The molecular formula is C17H17ClN2O. The first kappa shape index (κ1) is 14.0. The van der Waals surface area contributed by atoms with Crippen LogP contribution in [0.2, 0.25) is 5.02 Å². The molecule has 2 aromatic rings. The van der Waals surface area contributed by atoms with Gasteiger partial charge >= 0.3 is 0 Å². The molecule has 1 aliphatic heterocycles. The molecule has 3 rings (SSSR count). The molecule has 3 nitrogen and oxygen atoms in total. The Balaban J connectivity index is 1.79. The van der Waals surface area contributed by atoms with Crippen LogP contribution in [0.5, 0.6) is 0 Å². The largest absolute Gasteiger partial charge is 0.385 e. The van der Waals surface area contributed by atoms with E-state index in [-0.39, 0.29) is 5.91 Å². The molecule has 0 radical (unpaired) electrons. The highest BCUT2D eigenvalue weighted by Crippen LogP contribution is 2.25. The summed E-state index contributed by atoms with van der Waals surface area (Å²) in [6.07, 6.45) is 2.17. The first-order valence-corrected chi connectivity index (χ1v) is 7.45. The summed E-state index contributed by atoms with van der Waals surface area (Å²) in [5.74, 6) is -0.138. The number of carbonyl (C=O) groups excluding carboxylic acids is 1. The molecule has 2 N–H and O–H groups in total. The number of hydrogen-bond donors (Lipinski definition) is 2. The Morgan fingerprint density at radius 3 is 2.90 bits per heavy atom. The van der Waals surface area contributed by atoms with Gasteiger partial charge < -0.3 is 10.6 Å². The molecule has 1 heterocycles. The number of fused-ring (bicyclic) bond motifs is 1. The molecule has 2 aromatic carbocycles. The van der Waals surface area contributed by atoms with Gasteiger partial charge in [0.1, 0.15) is 0 Å². The van der Waals surface area contributed by atoms with Crippen LogP contribution in [0.4, 0.5) is 11.4 Å². The topological polar surface area (TPSA) is 41.1 Å². The number of halogens is 1. The van der Waals surface area contributed by atoms with Crippen LogP contribution < -0.4 is 10.6 Å². The molecule has 0 bridgehead atoms. The molecule has 108 valence electrons. The van der Waals surface area contributed by atoms with Gasteiger partial charge in [-0.05, 0) is 61.2 Å². The Morgan fingerprint density at radius 1 is 1.24 bits per heavy atom. The molecule has 0 aromatic heterocycles. The predicted molar refractivity (Wildman–Crippen MR) is 87.4 cm³/mol. The van der Waals surface area contributed by atoms with Crippen molar-refractivity contribution in [1.29, 1.82) is 0 Å². The van der Waals surface area contributed by atoms with E-state index in [2.05, 4.69) is 10.6 Å². The minimum absolute atomic E-state index is 0.138. The van der Waals surface area contributed by atoms with Crippen molar-refractivity contribution in [3.63, 3.8) is 0 Å². The molecule has 0 atom stereocenters. The third-order valence-corrected chi connectivity index (χ3v) is 4.14. The molecule has 0 fully saturated rings. The van der Waals surface area contributed by atoms with Crippen LogP contribution in [0.1, 0.15) is 27.9 Å². The number of amides is 1. The van der Waals surface area contributed by atoms with Crippen LogP contribution in [0.3, 0.4) is 0 Å². The zero-order valence-corrected chi connectivity index (χ0v) is 12.6. The Hall–Kier alpha value is -2.00. The fourth-order valence-corrected chi connectivity index (χ4v) is 2.67. The van der Waals surface area contributed by atoms with E-state index >= 15 is 0 Å². The number of hydrogen-bond acceptors (Lipinski definition) is 2. The van der Waals surface area contributed by atoms with Crippen LogP contribution in [-0.4, -0.2) is 12.5 Å². The average molecular weight is 301 g/mol. The minimum Gasteiger partial charge on any atom is -0.385 e. The fourth-order valence-electron chi connectivity index (χ4n) is 2.49. The van der Waals surface area contributed by atoms with Gasteiger partial charge in [0.2, 0.25) is 0 Å². The summed E-state index contributed by atoms with van der Waals surface area (Å²) in [7, 11) is 0. The van der Waals surface area contributed by atoms with Gasteiger partial charge in [0.15, 0.2) is 0 Å². The average Bonchev–Trinajstić information content (AvgIpc) is 2.50. The molecule has 1 amide bonds. The number of nitrogens with one attached hydrogen (secondary N) is 2. The summed E-state index contributed by atoms with van der Waals surface area (Å²) < 4.78 is 0.